The fourth-order valence-electron chi connectivity index (χ4n) is 2.72. The number of carbonyl (C=O) groups excluding carboxylic acids is 2. The molecular formula is C19H24N2O3. The van der Waals surface area contributed by atoms with E-state index in [-0.39, 0.29) is 24.0 Å². The van der Waals surface area contributed by atoms with Gasteiger partial charge in [0.25, 0.3) is 5.91 Å². The third kappa shape index (κ3) is 4.23. The molecule has 1 aliphatic heterocycles. The van der Waals surface area contributed by atoms with Crippen molar-refractivity contribution < 1.29 is 14.3 Å². The van der Waals surface area contributed by atoms with Crippen LogP contribution in [0.15, 0.2) is 30.3 Å². The molecule has 1 heterocycles. The summed E-state index contributed by atoms with van der Waals surface area (Å²) in [7, 11) is 0. The maximum atomic E-state index is 12.4. The Balaban J connectivity index is 1.59. The first-order chi connectivity index (χ1) is 11.5. The van der Waals surface area contributed by atoms with E-state index in [0.29, 0.717) is 24.8 Å². The van der Waals surface area contributed by atoms with E-state index in [1.54, 1.807) is 24.3 Å². The van der Waals surface area contributed by atoms with Gasteiger partial charge in [-0.05, 0) is 50.5 Å². The molecule has 2 unspecified atom stereocenters. The predicted molar refractivity (Wildman–Crippen MR) is 92.6 cm³/mol. The molecule has 0 spiro atoms. The van der Waals surface area contributed by atoms with Crippen molar-refractivity contribution in [3.63, 3.8) is 0 Å². The molecule has 0 bridgehead atoms. The van der Waals surface area contributed by atoms with E-state index in [2.05, 4.69) is 5.32 Å². The fourth-order valence-corrected chi connectivity index (χ4v) is 2.72. The Kier molecular flexibility index (Phi) is 5.00. The van der Waals surface area contributed by atoms with Gasteiger partial charge in [0.2, 0.25) is 5.91 Å². The Morgan fingerprint density at radius 2 is 1.92 bits per heavy atom. The lowest BCUT2D eigenvalue weighted by molar-refractivity contribution is -0.137. The van der Waals surface area contributed by atoms with Crippen LogP contribution >= 0.6 is 0 Å². The van der Waals surface area contributed by atoms with Crippen molar-refractivity contribution in [3.05, 3.63) is 41.5 Å². The van der Waals surface area contributed by atoms with Crippen molar-refractivity contribution in [2.45, 2.75) is 44.9 Å². The van der Waals surface area contributed by atoms with Crippen LogP contribution < -0.4 is 5.32 Å². The number of ether oxygens (including phenoxy) is 1. The number of hydrogen-bond donors (Lipinski definition) is 1. The first kappa shape index (κ1) is 16.7. The summed E-state index contributed by atoms with van der Waals surface area (Å²) in [5.74, 6) is -0.0339. The quantitative estimate of drug-likeness (QED) is 0.862. The van der Waals surface area contributed by atoms with Gasteiger partial charge in [-0.1, -0.05) is 12.1 Å². The monoisotopic (exact) mass is 328 g/mol. The van der Waals surface area contributed by atoms with Crippen LogP contribution in [-0.2, 0) is 9.53 Å². The smallest absolute Gasteiger partial charge is 0.251 e. The Bertz CT molecular complexity index is 635. The van der Waals surface area contributed by atoms with E-state index >= 15 is 0 Å². The summed E-state index contributed by atoms with van der Waals surface area (Å²) in [6.45, 7) is 5.16. The number of carbonyl (C=O) groups is 2. The predicted octanol–water partition coefficient (Wildman–Crippen LogP) is 2.23. The second-order valence-electron chi connectivity index (χ2n) is 6.69. The van der Waals surface area contributed by atoms with E-state index in [0.717, 1.165) is 18.4 Å². The molecule has 5 nitrogen and oxygen atoms in total. The first-order valence-corrected chi connectivity index (χ1v) is 8.54. The summed E-state index contributed by atoms with van der Waals surface area (Å²) in [5.41, 5.74) is 1.56. The zero-order valence-electron chi connectivity index (χ0n) is 14.2. The molecule has 1 saturated heterocycles. The number of rotatable bonds is 4. The van der Waals surface area contributed by atoms with Gasteiger partial charge < -0.3 is 15.0 Å². The van der Waals surface area contributed by atoms with Crippen LogP contribution in [0.2, 0.25) is 0 Å². The van der Waals surface area contributed by atoms with Gasteiger partial charge in [0.1, 0.15) is 0 Å². The van der Waals surface area contributed by atoms with Crippen LogP contribution in [0.3, 0.4) is 0 Å². The van der Waals surface area contributed by atoms with Crippen molar-refractivity contribution >= 4 is 17.9 Å². The summed E-state index contributed by atoms with van der Waals surface area (Å²) in [4.78, 5) is 26.1. The minimum absolute atomic E-state index is 0.00629. The van der Waals surface area contributed by atoms with Crippen LogP contribution in [0.25, 0.3) is 6.08 Å². The minimum Gasteiger partial charge on any atom is -0.375 e. The van der Waals surface area contributed by atoms with Crippen molar-refractivity contribution in [1.29, 1.82) is 0 Å². The van der Waals surface area contributed by atoms with Gasteiger partial charge in [-0.2, -0.15) is 0 Å². The highest BCUT2D eigenvalue weighted by molar-refractivity contribution is 5.95. The van der Waals surface area contributed by atoms with Crippen LogP contribution in [0.5, 0.6) is 0 Å². The summed E-state index contributed by atoms with van der Waals surface area (Å²) in [5, 5.41) is 2.96. The van der Waals surface area contributed by atoms with E-state index in [4.69, 9.17) is 4.74 Å². The van der Waals surface area contributed by atoms with E-state index in [9.17, 15) is 9.59 Å². The highest BCUT2D eigenvalue weighted by Gasteiger charge is 2.26. The van der Waals surface area contributed by atoms with E-state index in [1.165, 1.54) is 0 Å². The van der Waals surface area contributed by atoms with Crippen LogP contribution in [0.1, 0.15) is 42.6 Å². The van der Waals surface area contributed by atoms with Gasteiger partial charge in [-0.3, -0.25) is 9.59 Å². The lowest BCUT2D eigenvalue weighted by Crippen LogP contribution is -2.49. The molecule has 2 atom stereocenters. The molecule has 2 amide bonds. The van der Waals surface area contributed by atoms with Crippen molar-refractivity contribution in [2.24, 2.45) is 0 Å². The zero-order chi connectivity index (χ0) is 17.1. The summed E-state index contributed by atoms with van der Waals surface area (Å²) in [6.07, 6.45) is 5.61. The summed E-state index contributed by atoms with van der Waals surface area (Å²) in [6, 6.07) is 7.75. The van der Waals surface area contributed by atoms with E-state index in [1.807, 2.05) is 30.9 Å². The highest BCUT2D eigenvalue weighted by atomic mass is 16.5. The van der Waals surface area contributed by atoms with Gasteiger partial charge in [-0.15, -0.1) is 0 Å². The van der Waals surface area contributed by atoms with Gasteiger partial charge in [0.05, 0.1) is 18.8 Å². The highest BCUT2D eigenvalue weighted by Crippen LogP contribution is 2.19. The second-order valence-corrected chi connectivity index (χ2v) is 6.69. The topological polar surface area (TPSA) is 58.6 Å². The summed E-state index contributed by atoms with van der Waals surface area (Å²) >= 11 is 0. The van der Waals surface area contributed by atoms with Gasteiger partial charge in [0.15, 0.2) is 0 Å². The van der Waals surface area contributed by atoms with E-state index < -0.39 is 0 Å². The van der Waals surface area contributed by atoms with Gasteiger partial charge in [-0.25, -0.2) is 0 Å². The molecule has 2 fully saturated rings. The third-order valence-electron chi connectivity index (χ3n) is 4.39. The Hall–Kier alpha value is -2.14. The normalized spacial score (nSPS) is 24.2. The number of benzene rings is 1. The van der Waals surface area contributed by atoms with Crippen molar-refractivity contribution in [2.75, 3.05) is 13.2 Å². The number of amides is 2. The summed E-state index contributed by atoms with van der Waals surface area (Å²) < 4.78 is 5.54. The van der Waals surface area contributed by atoms with Crippen molar-refractivity contribution in [1.82, 2.24) is 10.2 Å². The first-order valence-electron chi connectivity index (χ1n) is 8.54. The number of nitrogens with one attached hydrogen (secondary N) is 1. The lowest BCUT2D eigenvalue weighted by Gasteiger charge is -2.36. The van der Waals surface area contributed by atoms with Crippen LogP contribution in [0, 0.1) is 0 Å². The number of morpholine rings is 1. The zero-order valence-corrected chi connectivity index (χ0v) is 14.2. The maximum absolute atomic E-state index is 12.4. The Morgan fingerprint density at radius 3 is 2.58 bits per heavy atom. The molecule has 1 aromatic carbocycles. The minimum atomic E-state index is -0.0276. The standard InChI is InChI=1S/C19H24N2O3/c1-13-12-24-14(2)11-21(13)18(22)10-5-15-3-6-16(7-4-15)19(23)20-17-8-9-17/h3-7,10,13-14,17H,8-9,11-12H2,1-2H3,(H,20,23)/b10-5+. The molecule has 24 heavy (non-hydrogen) atoms. The molecule has 0 radical (unpaired) electrons. The average Bonchev–Trinajstić information content (AvgIpc) is 3.39. The number of hydrogen-bond acceptors (Lipinski definition) is 3. The Morgan fingerprint density at radius 1 is 1.21 bits per heavy atom. The lowest BCUT2D eigenvalue weighted by atomic mass is 10.1. The molecule has 1 aliphatic carbocycles. The third-order valence-corrected chi connectivity index (χ3v) is 4.39. The fraction of sp³-hybridized carbons (Fsp3) is 0.474. The van der Waals surface area contributed by atoms with Gasteiger partial charge >= 0.3 is 0 Å². The molecule has 3 rings (SSSR count). The molecule has 1 N–H and O–H groups in total. The Labute approximate surface area is 142 Å². The van der Waals surface area contributed by atoms with Crippen LogP contribution in [0.4, 0.5) is 0 Å². The molecule has 0 aromatic heterocycles. The maximum Gasteiger partial charge on any atom is 0.251 e. The molecule has 2 aliphatic rings. The molecule has 5 heteroatoms. The number of nitrogens with zero attached hydrogens (tertiary/aromatic N) is 1. The molecule has 128 valence electrons. The van der Waals surface area contributed by atoms with Crippen molar-refractivity contribution in [3.8, 4) is 0 Å². The van der Waals surface area contributed by atoms with Gasteiger partial charge in [0, 0.05) is 24.2 Å². The average molecular weight is 328 g/mol. The largest absolute Gasteiger partial charge is 0.375 e. The SMILES string of the molecule is CC1CN(C(=O)/C=C/c2ccc(C(=O)NC3CC3)cc2)C(C)CO1. The van der Waals surface area contributed by atoms with Crippen LogP contribution in [-0.4, -0.2) is 48.1 Å². The molecule has 1 aromatic rings. The second kappa shape index (κ2) is 7.18. The molecule has 1 saturated carbocycles. The molecular weight excluding hydrogens is 304 g/mol.